The van der Waals surface area contributed by atoms with Crippen molar-refractivity contribution in [3.05, 3.63) is 30.3 Å². The Morgan fingerprint density at radius 1 is 0.846 bits per heavy atom. The van der Waals surface area contributed by atoms with E-state index in [0.29, 0.717) is 0 Å². The van der Waals surface area contributed by atoms with Crippen molar-refractivity contribution >= 4 is 18.9 Å². The summed E-state index contributed by atoms with van der Waals surface area (Å²) in [5, 5.41) is 0. The normalized spacial score (nSPS) is 12.8. The summed E-state index contributed by atoms with van der Waals surface area (Å²) < 4.78 is 17.1. The van der Waals surface area contributed by atoms with Crippen LogP contribution < -0.4 is 4.35 Å². The maximum atomic E-state index is 5.37. The first-order valence-electron chi connectivity index (χ1n) is 4.00. The molecule has 74 valence electrons. The zero-order chi connectivity index (χ0) is 9.73. The van der Waals surface area contributed by atoms with Crippen LogP contribution in [0.2, 0.25) is 0 Å². The maximum absolute atomic E-state index is 5.37. The van der Waals surface area contributed by atoms with Crippen molar-refractivity contribution in [1.82, 2.24) is 0 Å². The van der Waals surface area contributed by atoms with E-state index in [1.807, 2.05) is 30.3 Å². The molecular weight excluding hydrogens is 231 g/mol. The monoisotopic (exact) mass is 246 g/mol. The topological polar surface area (TPSA) is 27.7 Å². The SMILES string of the molecule is CO[AsH](OC)(OC)c1ccccc1. The van der Waals surface area contributed by atoms with Gasteiger partial charge in [-0.2, -0.15) is 0 Å². The molecule has 4 heteroatoms. The molecule has 0 saturated heterocycles. The van der Waals surface area contributed by atoms with E-state index in [1.165, 1.54) is 0 Å². The minimum absolute atomic E-state index is 1.02. The Hall–Kier alpha value is -0.342. The van der Waals surface area contributed by atoms with E-state index in [1.54, 1.807) is 21.3 Å². The molecule has 0 aromatic heterocycles. The number of hydrogen-bond acceptors (Lipinski definition) is 3. The molecule has 0 radical (unpaired) electrons. The van der Waals surface area contributed by atoms with Gasteiger partial charge in [0.15, 0.2) is 0 Å². The molecular formula is C9H15AsO3. The van der Waals surface area contributed by atoms with Crippen LogP contribution in [0.1, 0.15) is 0 Å². The number of hydrogen-bond donors (Lipinski definition) is 0. The van der Waals surface area contributed by atoms with Crippen LogP contribution in [0.25, 0.3) is 0 Å². The average Bonchev–Trinajstić information content (AvgIpc) is 2.23. The second-order valence-corrected chi connectivity index (χ2v) is 8.65. The van der Waals surface area contributed by atoms with Crippen LogP contribution in [-0.4, -0.2) is 35.9 Å². The molecule has 1 aromatic carbocycles. The predicted octanol–water partition coefficient (Wildman–Crippen LogP) is 0.504. The van der Waals surface area contributed by atoms with E-state index < -0.39 is 14.6 Å². The van der Waals surface area contributed by atoms with Crippen LogP contribution in [0.5, 0.6) is 0 Å². The fraction of sp³-hybridized carbons (Fsp3) is 0.333. The van der Waals surface area contributed by atoms with Crippen molar-refractivity contribution in [3.63, 3.8) is 0 Å². The van der Waals surface area contributed by atoms with Gasteiger partial charge in [-0.25, -0.2) is 0 Å². The summed E-state index contributed by atoms with van der Waals surface area (Å²) in [5.74, 6) is 0. The molecule has 1 rings (SSSR count). The van der Waals surface area contributed by atoms with Crippen LogP contribution >= 0.6 is 0 Å². The Bertz CT molecular complexity index is 238. The summed E-state index contributed by atoms with van der Waals surface area (Å²) in [6.45, 7) is 0. The molecule has 13 heavy (non-hydrogen) atoms. The van der Waals surface area contributed by atoms with Gasteiger partial charge in [-0.15, -0.1) is 0 Å². The number of benzene rings is 1. The fourth-order valence-corrected chi connectivity index (χ4v) is 5.04. The Morgan fingerprint density at radius 3 is 1.69 bits per heavy atom. The van der Waals surface area contributed by atoms with Gasteiger partial charge in [0, 0.05) is 0 Å². The summed E-state index contributed by atoms with van der Waals surface area (Å²) in [4.78, 5) is 0. The van der Waals surface area contributed by atoms with E-state index in [0.717, 1.165) is 4.35 Å². The average molecular weight is 246 g/mol. The summed E-state index contributed by atoms with van der Waals surface area (Å²) in [5.41, 5.74) is 0. The van der Waals surface area contributed by atoms with Gasteiger partial charge in [0.1, 0.15) is 0 Å². The van der Waals surface area contributed by atoms with Gasteiger partial charge in [0.2, 0.25) is 0 Å². The third-order valence-corrected chi connectivity index (χ3v) is 7.50. The molecule has 3 nitrogen and oxygen atoms in total. The van der Waals surface area contributed by atoms with Crippen LogP contribution in [0.15, 0.2) is 30.3 Å². The Labute approximate surface area is 82.1 Å². The van der Waals surface area contributed by atoms with Crippen molar-refractivity contribution < 1.29 is 11.2 Å². The van der Waals surface area contributed by atoms with Gasteiger partial charge in [-0.1, -0.05) is 0 Å². The number of rotatable bonds is 4. The summed E-state index contributed by atoms with van der Waals surface area (Å²) in [6.07, 6.45) is 0. The molecule has 1 aromatic rings. The molecule has 0 atom stereocenters. The van der Waals surface area contributed by atoms with Crippen molar-refractivity contribution in [3.8, 4) is 0 Å². The molecule has 0 aliphatic heterocycles. The van der Waals surface area contributed by atoms with Gasteiger partial charge in [0.25, 0.3) is 0 Å². The molecule has 0 N–H and O–H groups in total. The fourth-order valence-electron chi connectivity index (χ4n) is 1.25. The van der Waals surface area contributed by atoms with Gasteiger partial charge < -0.3 is 0 Å². The van der Waals surface area contributed by atoms with Crippen molar-refractivity contribution in [2.24, 2.45) is 0 Å². The van der Waals surface area contributed by atoms with E-state index >= 15 is 0 Å². The van der Waals surface area contributed by atoms with Gasteiger partial charge in [-0.05, 0) is 0 Å². The first kappa shape index (κ1) is 10.7. The van der Waals surface area contributed by atoms with Gasteiger partial charge in [0.05, 0.1) is 0 Å². The van der Waals surface area contributed by atoms with E-state index in [-0.39, 0.29) is 0 Å². The quantitative estimate of drug-likeness (QED) is 0.724. The molecule has 0 bridgehead atoms. The molecule has 0 aliphatic carbocycles. The van der Waals surface area contributed by atoms with Crippen molar-refractivity contribution in [2.45, 2.75) is 0 Å². The second-order valence-electron chi connectivity index (χ2n) is 2.53. The molecule has 0 amide bonds. The first-order valence-corrected chi connectivity index (χ1v) is 7.62. The first-order chi connectivity index (χ1) is 6.29. The minimum atomic E-state index is -3.12. The standard InChI is InChI=1S/C9H15AsO3/c1-11-10(12-2,13-3)9-7-5-4-6-8-9/h4-8,10H,1-3H3. The van der Waals surface area contributed by atoms with Crippen LogP contribution in [0.3, 0.4) is 0 Å². The second kappa shape index (κ2) is 4.77. The van der Waals surface area contributed by atoms with Crippen LogP contribution in [0, 0.1) is 0 Å². The third-order valence-electron chi connectivity index (χ3n) is 1.93. The zero-order valence-corrected chi connectivity index (χ0v) is 10.2. The van der Waals surface area contributed by atoms with Crippen molar-refractivity contribution in [1.29, 1.82) is 0 Å². The van der Waals surface area contributed by atoms with E-state index in [9.17, 15) is 0 Å². The third kappa shape index (κ3) is 2.12. The Balaban J connectivity index is 3.01. The van der Waals surface area contributed by atoms with Gasteiger partial charge >= 0.3 is 81.8 Å². The molecule has 0 aliphatic rings. The summed E-state index contributed by atoms with van der Waals surface area (Å²) in [6, 6.07) is 9.79. The summed E-state index contributed by atoms with van der Waals surface area (Å²) >= 11 is -3.12. The molecule has 0 saturated carbocycles. The van der Waals surface area contributed by atoms with Gasteiger partial charge in [-0.3, -0.25) is 0 Å². The molecule has 0 spiro atoms. The summed E-state index contributed by atoms with van der Waals surface area (Å²) in [7, 11) is 4.88. The predicted molar refractivity (Wildman–Crippen MR) is 54.3 cm³/mol. The van der Waals surface area contributed by atoms with E-state index in [2.05, 4.69) is 0 Å². The van der Waals surface area contributed by atoms with Crippen LogP contribution in [0.4, 0.5) is 0 Å². The van der Waals surface area contributed by atoms with Crippen LogP contribution in [-0.2, 0) is 11.2 Å². The molecule has 0 heterocycles. The zero-order valence-electron chi connectivity index (χ0n) is 8.11. The Kier molecular flexibility index (Phi) is 3.94. The van der Waals surface area contributed by atoms with Crippen molar-refractivity contribution in [2.75, 3.05) is 21.3 Å². The molecule has 0 fully saturated rings. The Morgan fingerprint density at radius 2 is 1.31 bits per heavy atom. The van der Waals surface area contributed by atoms with E-state index in [4.69, 9.17) is 11.2 Å². The molecule has 0 unspecified atom stereocenters.